The Labute approximate surface area is 128 Å². The summed E-state index contributed by atoms with van der Waals surface area (Å²) in [7, 11) is 0. The van der Waals surface area contributed by atoms with Crippen molar-refractivity contribution in [3.63, 3.8) is 0 Å². The monoisotopic (exact) mass is 328 g/mol. The molecule has 1 aromatic carbocycles. The standard InChI is InChI=1S/C14H8ClF3N2O2/c15-13-9(2-1-3-11(13)14(16,17)18)10-6-20(7-12(21)22)5-8(10)4-19/h1-3,5-6H,7H2,(H,21,22). The summed E-state index contributed by atoms with van der Waals surface area (Å²) >= 11 is 5.82. The van der Waals surface area contributed by atoms with E-state index in [4.69, 9.17) is 22.0 Å². The van der Waals surface area contributed by atoms with Crippen molar-refractivity contribution < 1.29 is 23.1 Å². The van der Waals surface area contributed by atoms with Gasteiger partial charge in [0, 0.05) is 23.5 Å². The summed E-state index contributed by atoms with van der Waals surface area (Å²) in [5, 5.41) is 17.3. The van der Waals surface area contributed by atoms with Gasteiger partial charge < -0.3 is 9.67 Å². The minimum atomic E-state index is -4.62. The molecule has 1 heterocycles. The fraction of sp³-hybridized carbons (Fsp3) is 0.143. The Morgan fingerprint density at radius 3 is 2.55 bits per heavy atom. The lowest BCUT2D eigenvalue weighted by atomic mass is 10.0. The van der Waals surface area contributed by atoms with Crippen LogP contribution in [-0.2, 0) is 17.5 Å². The van der Waals surface area contributed by atoms with E-state index >= 15 is 0 Å². The van der Waals surface area contributed by atoms with Crippen molar-refractivity contribution >= 4 is 17.6 Å². The molecule has 0 saturated heterocycles. The van der Waals surface area contributed by atoms with E-state index in [9.17, 15) is 18.0 Å². The second-order valence-corrected chi connectivity index (χ2v) is 4.81. The van der Waals surface area contributed by atoms with Crippen molar-refractivity contribution in [2.75, 3.05) is 0 Å². The number of rotatable bonds is 3. The normalized spacial score (nSPS) is 11.2. The molecule has 4 nitrogen and oxygen atoms in total. The topological polar surface area (TPSA) is 66.0 Å². The van der Waals surface area contributed by atoms with Gasteiger partial charge in [-0.3, -0.25) is 4.79 Å². The van der Waals surface area contributed by atoms with Crippen LogP contribution in [0.5, 0.6) is 0 Å². The fourth-order valence-electron chi connectivity index (χ4n) is 2.02. The summed E-state index contributed by atoms with van der Waals surface area (Å²) in [6, 6.07) is 5.19. The van der Waals surface area contributed by atoms with Crippen LogP contribution in [0.25, 0.3) is 11.1 Å². The SMILES string of the molecule is N#Cc1cn(CC(=O)O)cc1-c1cccc(C(F)(F)F)c1Cl. The largest absolute Gasteiger partial charge is 0.480 e. The van der Waals surface area contributed by atoms with Gasteiger partial charge in [0.05, 0.1) is 16.1 Å². The first-order valence-electron chi connectivity index (χ1n) is 5.91. The van der Waals surface area contributed by atoms with Crippen LogP contribution in [0.1, 0.15) is 11.1 Å². The minimum Gasteiger partial charge on any atom is -0.480 e. The van der Waals surface area contributed by atoms with E-state index in [-0.39, 0.29) is 16.7 Å². The molecule has 2 aromatic rings. The molecule has 0 amide bonds. The third-order valence-electron chi connectivity index (χ3n) is 2.91. The number of carbonyl (C=O) groups is 1. The van der Waals surface area contributed by atoms with Crippen molar-refractivity contribution in [1.29, 1.82) is 5.26 Å². The molecule has 2 rings (SSSR count). The molecule has 0 bridgehead atoms. The third-order valence-corrected chi connectivity index (χ3v) is 3.32. The Bertz CT molecular complexity index is 775. The second kappa shape index (κ2) is 5.73. The maximum Gasteiger partial charge on any atom is 0.417 e. The van der Waals surface area contributed by atoms with Crippen molar-refractivity contribution in [1.82, 2.24) is 4.57 Å². The van der Waals surface area contributed by atoms with Crippen molar-refractivity contribution in [3.05, 3.63) is 46.7 Å². The Morgan fingerprint density at radius 1 is 1.32 bits per heavy atom. The van der Waals surface area contributed by atoms with Crippen LogP contribution in [0, 0.1) is 11.3 Å². The van der Waals surface area contributed by atoms with Gasteiger partial charge in [-0.2, -0.15) is 18.4 Å². The summed E-state index contributed by atoms with van der Waals surface area (Å²) in [4.78, 5) is 10.7. The van der Waals surface area contributed by atoms with Gasteiger partial charge in [-0.25, -0.2) is 0 Å². The molecule has 0 saturated carbocycles. The molecule has 8 heteroatoms. The number of benzene rings is 1. The molecular weight excluding hydrogens is 321 g/mol. The Morgan fingerprint density at radius 2 is 2.00 bits per heavy atom. The van der Waals surface area contributed by atoms with E-state index in [1.165, 1.54) is 29.1 Å². The zero-order valence-electron chi connectivity index (χ0n) is 10.9. The van der Waals surface area contributed by atoms with Gasteiger partial charge in [0.1, 0.15) is 12.6 Å². The Balaban J connectivity index is 2.60. The predicted octanol–water partition coefficient (Wildman–Crippen LogP) is 3.78. The van der Waals surface area contributed by atoms with Crippen LogP contribution in [0.4, 0.5) is 13.2 Å². The summed E-state index contributed by atoms with van der Waals surface area (Å²) in [5.41, 5.74) is -0.791. The highest BCUT2D eigenvalue weighted by Crippen LogP contribution is 2.40. The summed E-state index contributed by atoms with van der Waals surface area (Å²) in [5.74, 6) is -1.14. The minimum absolute atomic E-state index is 0.0252. The zero-order valence-corrected chi connectivity index (χ0v) is 11.6. The van der Waals surface area contributed by atoms with Gasteiger partial charge in [0.25, 0.3) is 0 Å². The van der Waals surface area contributed by atoms with Crippen LogP contribution < -0.4 is 0 Å². The first-order valence-corrected chi connectivity index (χ1v) is 6.29. The van der Waals surface area contributed by atoms with E-state index in [1.807, 2.05) is 6.07 Å². The highest BCUT2D eigenvalue weighted by Gasteiger charge is 2.34. The molecule has 0 aliphatic rings. The van der Waals surface area contributed by atoms with Crippen molar-refractivity contribution in [2.45, 2.75) is 12.7 Å². The van der Waals surface area contributed by atoms with Crippen LogP contribution in [0.15, 0.2) is 30.6 Å². The number of nitrogens with zero attached hydrogens (tertiary/aromatic N) is 2. The lowest BCUT2D eigenvalue weighted by molar-refractivity contribution is -0.138. The number of aliphatic carboxylic acids is 1. The molecule has 0 radical (unpaired) electrons. The quantitative estimate of drug-likeness (QED) is 0.932. The number of halogens is 4. The van der Waals surface area contributed by atoms with Gasteiger partial charge in [-0.15, -0.1) is 0 Å². The molecule has 0 atom stereocenters. The van der Waals surface area contributed by atoms with E-state index < -0.39 is 29.3 Å². The molecule has 114 valence electrons. The van der Waals surface area contributed by atoms with Crippen LogP contribution in [-0.4, -0.2) is 15.6 Å². The van der Waals surface area contributed by atoms with E-state index in [0.29, 0.717) is 0 Å². The number of nitriles is 1. The number of alkyl halides is 3. The molecule has 0 unspecified atom stereocenters. The smallest absolute Gasteiger partial charge is 0.417 e. The lowest BCUT2D eigenvalue weighted by Crippen LogP contribution is -2.06. The molecule has 0 aliphatic heterocycles. The lowest BCUT2D eigenvalue weighted by Gasteiger charge is -2.11. The Kier molecular flexibility index (Phi) is 4.15. The van der Waals surface area contributed by atoms with Gasteiger partial charge >= 0.3 is 12.1 Å². The average molecular weight is 329 g/mol. The predicted molar refractivity (Wildman–Crippen MR) is 72.2 cm³/mol. The summed E-state index contributed by atoms with van der Waals surface area (Å²) < 4.78 is 39.8. The molecule has 0 fully saturated rings. The van der Waals surface area contributed by atoms with Gasteiger partial charge in [0.2, 0.25) is 0 Å². The fourth-order valence-corrected chi connectivity index (χ4v) is 2.35. The third kappa shape index (κ3) is 3.07. The second-order valence-electron chi connectivity index (χ2n) is 4.43. The molecule has 22 heavy (non-hydrogen) atoms. The molecular formula is C14H8ClF3N2O2. The zero-order chi connectivity index (χ0) is 16.5. The van der Waals surface area contributed by atoms with Gasteiger partial charge in [-0.05, 0) is 6.07 Å². The van der Waals surface area contributed by atoms with E-state index in [2.05, 4.69) is 0 Å². The number of hydrogen-bond donors (Lipinski definition) is 1. The molecule has 1 aromatic heterocycles. The average Bonchev–Trinajstić information content (AvgIpc) is 2.79. The highest BCUT2D eigenvalue weighted by molar-refractivity contribution is 6.34. The molecule has 0 spiro atoms. The van der Waals surface area contributed by atoms with Crippen LogP contribution in [0.2, 0.25) is 5.02 Å². The number of aromatic nitrogens is 1. The van der Waals surface area contributed by atoms with Crippen LogP contribution >= 0.6 is 11.6 Å². The Hall–Kier alpha value is -2.46. The van der Waals surface area contributed by atoms with Crippen molar-refractivity contribution in [3.8, 4) is 17.2 Å². The van der Waals surface area contributed by atoms with E-state index in [0.717, 1.165) is 6.07 Å². The van der Waals surface area contributed by atoms with Crippen LogP contribution in [0.3, 0.4) is 0 Å². The maximum absolute atomic E-state index is 12.9. The van der Waals surface area contributed by atoms with E-state index in [1.54, 1.807) is 0 Å². The first kappa shape index (κ1) is 15.9. The number of hydrogen-bond acceptors (Lipinski definition) is 2. The first-order chi connectivity index (χ1) is 10.2. The van der Waals surface area contributed by atoms with Gasteiger partial charge in [-0.1, -0.05) is 23.7 Å². The maximum atomic E-state index is 12.9. The van der Waals surface area contributed by atoms with Gasteiger partial charge in [0.15, 0.2) is 0 Å². The molecule has 1 N–H and O–H groups in total. The number of carboxylic acid groups (broad SMARTS) is 1. The highest BCUT2D eigenvalue weighted by atomic mass is 35.5. The summed E-state index contributed by atoms with van der Waals surface area (Å²) in [6.07, 6.45) is -2.09. The van der Waals surface area contributed by atoms with Crippen molar-refractivity contribution in [2.24, 2.45) is 0 Å². The summed E-state index contributed by atoms with van der Waals surface area (Å²) in [6.45, 7) is -0.411. The number of carboxylic acids is 1. The molecule has 0 aliphatic carbocycles.